The molecule has 3 aliphatic rings. The lowest BCUT2D eigenvalue weighted by atomic mass is 9.61. The maximum atomic E-state index is 13.3. The van der Waals surface area contributed by atoms with Crippen LogP contribution in [0.5, 0.6) is 0 Å². The van der Waals surface area contributed by atoms with E-state index in [0.29, 0.717) is 19.4 Å². The molecule has 1 spiro atoms. The molecule has 0 aromatic heterocycles. The van der Waals surface area contributed by atoms with Crippen LogP contribution in [0, 0.1) is 16.7 Å². The minimum absolute atomic E-state index is 0.210. The normalized spacial score (nSPS) is 25.1. The average Bonchev–Trinajstić information content (AvgIpc) is 3.38. The Morgan fingerprint density at radius 1 is 1.19 bits per heavy atom. The third-order valence-electron chi connectivity index (χ3n) is 7.61. The van der Waals surface area contributed by atoms with E-state index >= 15 is 0 Å². The number of carbonyl (C=O) groups excluding carboxylic acids is 4. The molecule has 3 amide bonds. The fourth-order valence-electron chi connectivity index (χ4n) is 5.79. The van der Waals surface area contributed by atoms with Crippen LogP contribution in [0.4, 0.5) is 13.2 Å². The Balaban J connectivity index is 1.77. The zero-order valence-electron chi connectivity index (χ0n) is 21.0. The number of halogens is 3. The van der Waals surface area contributed by atoms with Gasteiger partial charge >= 0.3 is 6.36 Å². The van der Waals surface area contributed by atoms with Crippen LogP contribution in [0.1, 0.15) is 72.1 Å². The summed E-state index contributed by atoms with van der Waals surface area (Å²) in [6.07, 6.45) is -2.04. The minimum Gasteiger partial charge on any atom is -0.380 e. The summed E-state index contributed by atoms with van der Waals surface area (Å²) in [5.41, 5.74) is 3.39. The minimum atomic E-state index is -5.05. The number of likely N-dealkylation sites (tertiary alicyclic amines) is 1. The Kier molecular flexibility index (Phi) is 7.82. The molecule has 2 saturated carbocycles. The standard InChI is InChI=1S/C24H36F3N3O6/c1-4-5-14(18(28)32)8-15(17(31)10-36-24(25,26)27)29-19(33)16-9-22(6-7-22)13-30(16)20(34)23(35)11-21(2,3)12-23/h14-16,35H,4-13H2,1-3H3,(H2,28,32)(H,29,33)/t14-,15-,16-/m0/s1. The predicted octanol–water partition coefficient (Wildman–Crippen LogP) is 1.80. The fourth-order valence-corrected chi connectivity index (χ4v) is 5.79. The molecule has 0 aromatic rings. The second kappa shape index (κ2) is 9.92. The van der Waals surface area contributed by atoms with Gasteiger partial charge in [0.05, 0.1) is 6.04 Å². The number of alkyl halides is 3. The summed E-state index contributed by atoms with van der Waals surface area (Å²) in [6.45, 7) is 4.59. The van der Waals surface area contributed by atoms with Gasteiger partial charge in [0.2, 0.25) is 11.8 Å². The number of rotatable bonds is 11. The molecule has 204 valence electrons. The topological polar surface area (TPSA) is 139 Å². The number of primary amides is 1. The van der Waals surface area contributed by atoms with Crippen LogP contribution in [0.15, 0.2) is 0 Å². The molecular weight excluding hydrogens is 483 g/mol. The second-order valence-electron chi connectivity index (χ2n) is 11.6. The molecule has 0 unspecified atom stereocenters. The summed E-state index contributed by atoms with van der Waals surface area (Å²) < 4.78 is 41.3. The lowest BCUT2D eigenvalue weighted by Gasteiger charge is -2.50. The van der Waals surface area contributed by atoms with Crippen molar-refractivity contribution < 1.29 is 42.2 Å². The van der Waals surface area contributed by atoms with E-state index in [0.717, 1.165) is 12.8 Å². The van der Waals surface area contributed by atoms with E-state index in [4.69, 9.17) is 5.73 Å². The number of amides is 3. The predicted molar refractivity (Wildman–Crippen MR) is 121 cm³/mol. The monoisotopic (exact) mass is 519 g/mol. The Labute approximate surface area is 208 Å². The number of ether oxygens (including phenoxy) is 1. The van der Waals surface area contributed by atoms with Gasteiger partial charge in [0.1, 0.15) is 18.2 Å². The molecule has 3 fully saturated rings. The van der Waals surface area contributed by atoms with Gasteiger partial charge in [0.25, 0.3) is 5.91 Å². The average molecular weight is 520 g/mol. The molecule has 4 N–H and O–H groups in total. The lowest BCUT2D eigenvalue weighted by molar-refractivity contribution is -0.321. The van der Waals surface area contributed by atoms with Gasteiger partial charge in [-0.2, -0.15) is 0 Å². The number of hydrogen-bond acceptors (Lipinski definition) is 6. The Bertz CT molecular complexity index is 894. The summed E-state index contributed by atoms with van der Waals surface area (Å²) >= 11 is 0. The van der Waals surface area contributed by atoms with E-state index in [9.17, 15) is 37.5 Å². The summed E-state index contributed by atoms with van der Waals surface area (Å²) in [5, 5.41) is 13.3. The molecule has 2 aliphatic carbocycles. The third kappa shape index (κ3) is 6.56. The molecule has 36 heavy (non-hydrogen) atoms. The zero-order valence-corrected chi connectivity index (χ0v) is 21.0. The van der Waals surface area contributed by atoms with Crippen molar-refractivity contribution in [2.45, 2.75) is 96.2 Å². The van der Waals surface area contributed by atoms with Gasteiger partial charge in [-0.05, 0) is 55.8 Å². The molecule has 12 heteroatoms. The van der Waals surface area contributed by atoms with Crippen LogP contribution in [-0.2, 0) is 23.9 Å². The van der Waals surface area contributed by atoms with Crippen LogP contribution in [0.2, 0.25) is 0 Å². The summed E-state index contributed by atoms with van der Waals surface area (Å²) in [6, 6.07) is -2.44. The Morgan fingerprint density at radius 2 is 1.81 bits per heavy atom. The molecule has 0 aromatic carbocycles. The SMILES string of the molecule is CCC[C@@H](C[C@H](NC(=O)[C@@H]1CC2(CC2)CN1C(=O)C1(O)CC(C)(C)C1)C(=O)COC(F)(F)F)C(N)=O. The van der Waals surface area contributed by atoms with Gasteiger partial charge in [-0.1, -0.05) is 27.2 Å². The molecule has 1 saturated heterocycles. The van der Waals surface area contributed by atoms with Crippen LogP contribution < -0.4 is 11.1 Å². The maximum absolute atomic E-state index is 13.3. The van der Waals surface area contributed by atoms with Crippen LogP contribution >= 0.6 is 0 Å². The Morgan fingerprint density at radius 3 is 2.28 bits per heavy atom. The largest absolute Gasteiger partial charge is 0.522 e. The highest BCUT2D eigenvalue weighted by molar-refractivity contribution is 5.96. The highest BCUT2D eigenvalue weighted by Gasteiger charge is 2.61. The number of Topliss-reactive ketones (excluding diaryl/α,β-unsaturated/α-hetero) is 1. The number of nitrogens with two attached hydrogens (primary N) is 1. The molecule has 0 bridgehead atoms. The van der Waals surface area contributed by atoms with Crippen molar-refractivity contribution in [3.05, 3.63) is 0 Å². The van der Waals surface area contributed by atoms with E-state index in [1.54, 1.807) is 6.92 Å². The van der Waals surface area contributed by atoms with Crippen molar-refractivity contribution in [3.8, 4) is 0 Å². The van der Waals surface area contributed by atoms with E-state index in [-0.39, 0.29) is 36.5 Å². The van der Waals surface area contributed by atoms with Crippen molar-refractivity contribution in [1.29, 1.82) is 0 Å². The molecule has 9 nitrogen and oxygen atoms in total. The van der Waals surface area contributed by atoms with Crippen molar-refractivity contribution in [3.63, 3.8) is 0 Å². The quantitative estimate of drug-likeness (QED) is 0.381. The summed E-state index contributed by atoms with van der Waals surface area (Å²) in [7, 11) is 0. The second-order valence-corrected chi connectivity index (χ2v) is 11.6. The van der Waals surface area contributed by atoms with Crippen molar-refractivity contribution >= 4 is 23.5 Å². The number of aliphatic hydroxyl groups is 1. The fraction of sp³-hybridized carbons (Fsp3) is 0.833. The van der Waals surface area contributed by atoms with Gasteiger partial charge in [0.15, 0.2) is 5.78 Å². The molecule has 0 radical (unpaired) electrons. The first-order valence-electron chi connectivity index (χ1n) is 12.4. The number of nitrogens with zero attached hydrogens (tertiary/aromatic N) is 1. The number of carbonyl (C=O) groups is 4. The van der Waals surface area contributed by atoms with E-state index < -0.39 is 60.1 Å². The number of ketones is 1. The van der Waals surface area contributed by atoms with Crippen LogP contribution in [-0.4, -0.2) is 70.7 Å². The number of nitrogens with one attached hydrogen (secondary N) is 1. The first kappa shape index (κ1) is 28.4. The van der Waals surface area contributed by atoms with Gasteiger partial charge in [-0.15, -0.1) is 13.2 Å². The highest BCUT2D eigenvalue weighted by atomic mass is 19.4. The van der Waals surface area contributed by atoms with Gasteiger partial charge < -0.3 is 21.1 Å². The summed E-state index contributed by atoms with van der Waals surface area (Å²) in [5.74, 6) is -3.89. The van der Waals surface area contributed by atoms with Gasteiger partial charge in [-0.25, -0.2) is 0 Å². The van der Waals surface area contributed by atoms with Crippen molar-refractivity contribution in [2.24, 2.45) is 22.5 Å². The van der Waals surface area contributed by atoms with Crippen LogP contribution in [0.25, 0.3) is 0 Å². The van der Waals surface area contributed by atoms with Crippen molar-refractivity contribution in [1.82, 2.24) is 10.2 Å². The molecule has 3 rings (SSSR count). The lowest BCUT2D eigenvalue weighted by Crippen LogP contribution is -2.62. The smallest absolute Gasteiger partial charge is 0.380 e. The molecule has 3 atom stereocenters. The highest BCUT2D eigenvalue weighted by Crippen LogP contribution is 2.56. The first-order valence-corrected chi connectivity index (χ1v) is 12.4. The molecule has 1 heterocycles. The van der Waals surface area contributed by atoms with E-state index in [1.807, 2.05) is 13.8 Å². The Hall–Kier alpha value is -2.21. The maximum Gasteiger partial charge on any atom is 0.522 e. The van der Waals surface area contributed by atoms with Gasteiger partial charge in [0, 0.05) is 12.5 Å². The van der Waals surface area contributed by atoms with E-state index in [1.165, 1.54) is 4.90 Å². The van der Waals surface area contributed by atoms with Crippen molar-refractivity contribution in [2.75, 3.05) is 13.2 Å². The number of hydrogen-bond donors (Lipinski definition) is 3. The van der Waals surface area contributed by atoms with Crippen LogP contribution in [0.3, 0.4) is 0 Å². The zero-order chi connectivity index (χ0) is 27.1. The third-order valence-corrected chi connectivity index (χ3v) is 7.61. The van der Waals surface area contributed by atoms with Gasteiger partial charge in [-0.3, -0.25) is 23.9 Å². The molecular formula is C24H36F3N3O6. The first-order chi connectivity index (χ1) is 16.5. The van der Waals surface area contributed by atoms with E-state index in [2.05, 4.69) is 10.1 Å². The molecule has 1 aliphatic heterocycles. The summed E-state index contributed by atoms with van der Waals surface area (Å²) in [4.78, 5) is 52.5.